The van der Waals surface area contributed by atoms with Gasteiger partial charge in [0.05, 0.1) is 5.70 Å². The molecule has 9 heavy (non-hydrogen) atoms. The first-order chi connectivity index (χ1) is 4.30. The summed E-state index contributed by atoms with van der Waals surface area (Å²) in [5.41, 5.74) is 12.3. The fourth-order valence-corrected chi connectivity index (χ4v) is 0.560. The van der Waals surface area contributed by atoms with E-state index in [1.165, 1.54) is 0 Å². The number of hydrogen-bond acceptors (Lipinski definition) is 3. The lowest BCUT2D eigenvalue weighted by atomic mass is 10.3. The van der Waals surface area contributed by atoms with Crippen LogP contribution in [0.4, 0.5) is 0 Å². The summed E-state index contributed by atoms with van der Waals surface area (Å²) >= 11 is 0. The molecule has 0 aromatic rings. The molecule has 0 atom stereocenters. The zero-order valence-electron chi connectivity index (χ0n) is 5.04. The highest BCUT2D eigenvalue weighted by atomic mass is 14.7. The van der Waals surface area contributed by atoms with Crippen molar-refractivity contribution in [3.63, 3.8) is 0 Å². The van der Waals surface area contributed by atoms with Crippen molar-refractivity contribution < 1.29 is 0 Å². The van der Waals surface area contributed by atoms with Crippen LogP contribution in [0.25, 0.3) is 0 Å². The molecular weight excluding hydrogens is 114 g/mol. The van der Waals surface area contributed by atoms with Crippen LogP contribution < -0.4 is 11.5 Å². The monoisotopic (exact) mass is 123 g/mol. The predicted molar refractivity (Wildman–Crippen MR) is 37.6 cm³/mol. The van der Waals surface area contributed by atoms with Gasteiger partial charge in [0.15, 0.2) is 0 Å². The van der Waals surface area contributed by atoms with Gasteiger partial charge in [0.1, 0.15) is 0 Å². The maximum absolute atomic E-state index is 5.49. The lowest BCUT2D eigenvalue weighted by molar-refractivity contribution is 1.16. The Kier molecular flexibility index (Phi) is 1.53. The number of hydrogen-bond donors (Lipinski definition) is 2. The lowest BCUT2D eigenvalue weighted by Gasteiger charge is -1.95. The van der Waals surface area contributed by atoms with Gasteiger partial charge in [-0.15, -0.1) is 0 Å². The van der Waals surface area contributed by atoms with Crippen LogP contribution in [0.15, 0.2) is 28.7 Å². The van der Waals surface area contributed by atoms with Gasteiger partial charge in [0.25, 0.3) is 0 Å². The highest BCUT2D eigenvalue weighted by molar-refractivity contribution is 5.63. The summed E-state index contributed by atoms with van der Waals surface area (Å²) in [5.74, 6) is 0. The molecule has 4 N–H and O–H groups in total. The molecule has 1 heterocycles. The summed E-state index contributed by atoms with van der Waals surface area (Å²) in [4.78, 5) is 3.86. The average Bonchev–Trinajstić information content (AvgIpc) is 1.99. The smallest absolute Gasteiger partial charge is 0.0524 e. The Hall–Kier alpha value is -1.25. The van der Waals surface area contributed by atoms with Gasteiger partial charge < -0.3 is 11.5 Å². The molecule has 0 bridgehead atoms. The Labute approximate surface area is 53.8 Å². The molecule has 0 aromatic heterocycles. The van der Waals surface area contributed by atoms with Gasteiger partial charge in [-0.05, 0) is 6.08 Å². The Morgan fingerprint density at radius 2 is 2.22 bits per heavy atom. The van der Waals surface area contributed by atoms with E-state index >= 15 is 0 Å². The first kappa shape index (κ1) is 5.88. The van der Waals surface area contributed by atoms with Crippen molar-refractivity contribution in [1.29, 1.82) is 0 Å². The van der Waals surface area contributed by atoms with Crippen LogP contribution >= 0.6 is 0 Å². The fourth-order valence-electron chi connectivity index (χ4n) is 0.560. The first-order valence-electron chi connectivity index (χ1n) is 2.73. The molecule has 48 valence electrons. The number of nitrogens with zero attached hydrogens (tertiary/aromatic N) is 1. The van der Waals surface area contributed by atoms with Crippen molar-refractivity contribution in [2.75, 3.05) is 0 Å². The van der Waals surface area contributed by atoms with E-state index in [1.54, 1.807) is 18.5 Å². The molecule has 3 nitrogen and oxygen atoms in total. The third kappa shape index (κ3) is 1.32. The Balaban J connectivity index is 2.85. The van der Waals surface area contributed by atoms with Gasteiger partial charge in [-0.25, -0.2) is 0 Å². The highest BCUT2D eigenvalue weighted by Crippen LogP contribution is 2.00. The molecule has 0 saturated heterocycles. The number of nitrogens with two attached hydrogens (primary N) is 2. The Morgan fingerprint density at radius 1 is 1.44 bits per heavy atom. The summed E-state index contributed by atoms with van der Waals surface area (Å²) in [6.07, 6.45) is 5.71. The molecule has 1 aliphatic heterocycles. The summed E-state index contributed by atoms with van der Waals surface area (Å²) in [6.45, 7) is 0. The quantitative estimate of drug-likeness (QED) is 0.480. The molecule has 0 aliphatic carbocycles. The number of allylic oxidation sites excluding steroid dienone is 2. The second-order valence-corrected chi connectivity index (χ2v) is 1.83. The van der Waals surface area contributed by atoms with E-state index in [-0.39, 0.29) is 0 Å². The third-order valence-electron chi connectivity index (χ3n) is 1.13. The molecule has 3 heteroatoms. The molecule has 1 rings (SSSR count). The average molecular weight is 123 g/mol. The van der Waals surface area contributed by atoms with Gasteiger partial charge in [0, 0.05) is 24.5 Å². The zero-order chi connectivity index (χ0) is 6.69. The van der Waals surface area contributed by atoms with E-state index in [1.807, 2.05) is 0 Å². The van der Waals surface area contributed by atoms with Crippen LogP contribution in [0, 0.1) is 0 Å². The van der Waals surface area contributed by atoms with Crippen LogP contribution in [-0.4, -0.2) is 6.21 Å². The minimum atomic E-state index is 0.618. The lowest BCUT2D eigenvalue weighted by Crippen LogP contribution is -2.07. The fraction of sp³-hybridized carbons (Fsp3) is 0.167. The standard InChI is InChI=1S/C6H9N3/c7-5-1-3-9-4-2-6(5)8/h1,3-4H,2,7-8H2. The van der Waals surface area contributed by atoms with Crippen molar-refractivity contribution in [3.8, 4) is 0 Å². The van der Waals surface area contributed by atoms with Gasteiger partial charge >= 0.3 is 0 Å². The summed E-state index contributed by atoms with van der Waals surface area (Å²) in [5, 5.41) is 0. The molecule has 0 spiro atoms. The van der Waals surface area contributed by atoms with Crippen LogP contribution in [0.2, 0.25) is 0 Å². The molecule has 0 radical (unpaired) electrons. The Morgan fingerprint density at radius 3 is 3.00 bits per heavy atom. The van der Waals surface area contributed by atoms with E-state index in [0.29, 0.717) is 17.8 Å². The van der Waals surface area contributed by atoms with Crippen LogP contribution in [-0.2, 0) is 0 Å². The van der Waals surface area contributed by atoms with E-state index in [9.17, 15) is 0 Å². The molecule has 0 amide bonds. The van der Waals surface area contributed by atoms with Crippen molar-refractivity contribution >= 4 is 6.21 Å². The van der Waals surface area contributed by atoms with E-state index in [0.717, 1.165) is 0 Å². The largest absolute Gasteiger partial charge is 0.400 e. The summed E-state index contributed by atoms with van der Waals surface area (Å²) in [6, 6.07) is 0. The van der Waals surface area contributed by atoms with Crippen LogP contribution in [0.1, 0.15) is 6.42 Å². The second kappa shape index (κ2) is 2.35. The van der Waals surface area contributed by atoms with Gasteiger partial charge in [0.2, 0.25) is 0 Å². The van der Waals surface area contributed by atoms with Crippen molar-refractivity contribution in [2.24, 2.45) is 16.5 Å². The van der Waals surface area contributed by atoms with Crippen molar-refractivity contribution in [2.45, 2.75) is 6.42 Å². The minimum absolute atomic E-state index is 0.618. The van der Waals surface area contributed by atoms with E-state index in [2.05, 4.69) is 4.99 Å². The minimum Gasteiger partial charge on any atom is -0.400 e. The van der Waals surface area contributed by atoms with Crippen LogP contribution in [0.3, 0.4) is 0 Å². The first-order valence-corrected chi connectivity index (χ1v) is 2.73. The molecule has 0 saturated carbocycles. The number of aliphatic imine (C=N–C) groups is 1. The van der Waals surface area contributed by atoms with Crippen molar-refractivity contribution in [3.05, 3.63) is 23.7 Å². The molecule has 1 aliphatic rings. The molecule has 0 unspecified atom stereocenters. The second-order valence-electron chi connectivity index (χ2n) is 1.83. The Bertz CT molecular complexity index is 188. The normalized spacial score (nSPS) is 18.2. The van der Waals surface area contributed by atoms with E-state index in [4.69, 9.17) is 11.5 Å². The topological polar surface area (TPSA) is 64.4 Å². The van der Waals surface area contributed by atoms with Crippen molar-refractivity contribution in [1.82, 2.24) is 0 Å². The van der Waals surface area contributed by atoms with Crippen LogP contribution in [0.5, 0.6) is 0 Å². The number of rotatable bonds is 0. The predicted octanol–water partition coefficient (Wildman–Crippen LogP) is 0.104. The van der Waals surface area contributed by atoms with E-state index < -0.39 is 0 Å². The maximum atomic E-state index is 5.49. The third-order valence-corrected chi connectivity index (χ3v) is 1.13. The van der Waals surface area contributed by atoms with Gasteiger partial charge in [-0.3, -0.25) is 4.99 Å². The van der Waals surface area contributed by atoms with Gasteiger partial charge in [-0.1, -0.05) is 0 Å². The molecular formula is C6H9N3. The summed E-state index contributed by atoms with van der Waals surface area (Å²) in [7, 11) is 0. The molecule has 0 aromatic carbocycles. The zero-order valence-corrected chi connectivity index (χ0v) is 5.04. The SMILES string of the molecule is NC1=C(N)CC=NC=C1. The summed E-state index contributed by atoms with van der Waals surface area (Å²) < 4.78 is 0. The maximum Gasteiger partial charge on any atom is 0.0524 e. The highest BCUT2D eigenvalue weighted by Gasteiger charge is 1.94. The molecule has 0 fully saturated rings. The van der Waals surface area contributed by atoms with Gasteiger partial charge in [-0.2, -0.15) is 0 Å².